The van der Waals surface area contributed by atoms with E-state index in [1.807, 2.05) is 14.0 Å². The molecule has 0 aromatic carbocycles. The van der Waals surface area contributed by atoms with Gasteiger partial charge in [0.2, 0.25) is 0 Å². The topological polar surface area (TPSA) is 44.1 Å². The average molecular weight is 182 g/mol. The lowest BCUT2D eigenvalue weighted by atomic mass is 10.2. The zero-order chi connectivity index (χ0) is 10.1. The van der Waals surface area contributed by atoms with Gasteiger partial charge in [-0.15, -0.1) is 0 Å². The number of hydrogen-bond acceptors (Lipinski definition) is 3. The van der Waals surface area contributed by atoms with Gasteiger partial charge >= 0.3 is 0 Å². The molecule has 0 aliphatic carbocycles. The van der Waals surface area contributed by atoms with Crippen molar-refractivity contribution < 1.29 is 4.79 Å². The Morgan fingerprint density at radius 2 is 2.15 bits per heavy atom. The van der Waals surface area contributed by atoms with Crippen molar-refractivity contribution in [3.8, 4) is 6.07 Å². The van der Waals surface area contributed by atoms with Crippen LogP contribution >= 0.6 is 0 Å². The second kappa shape index (κ2) is 7.75. The maximum Gasteiger partial charge on any atom is 0.132 e. The predicted molar refractivity (Wildman–Crippen MR) is 52.3 cm³/mol. The summed E-state index contributed by atoms with van der Waals surface area (Å²) in [6.07, 6.45) is 2.79. The minimum Gasteiger partial charge on any atom is -0.305 e. The predicted octanol–water partition coefficient (Wildman–Crippen LogP) is 1.59. The summed E-state index contributed by atoms with van der Waals surface area (Å²) in [5.41, 5.74) is 0. The van der Waals surface area contributed by atoms with E-state index in [9.17, 15) is 4.79 Å². The van der Waals surface area contributed by atoms with E-state index in [-0.39, 0.29) is 0 Å². The number of rotatable bonds is 7. The molecule has 0 rings (SSSR count). The normalized spacial score (nSPS) is 10.0. The molecule has 0 amide bonds. The van der Waals surface area contributed by atoms with Gasteiger partial charge in [0.1, 0.15) is 5.78 Å². The lowest BCUT2D eigenvalue weighted by Crippen LogP contribution is -2.21. The number of Topliss-reactive ketones (excluding diaryl/α,β-unsaturated/α-hetero) is 1. The molecular formula is C10H18N2O. The van der Waals surface area contributed by atoms with E-state index < -0.39 is 0 Å². The molecule has 0 atom stereocenters. The van der Waals surface area contributed by atoms with E-state index in [4.69, 9.17) is 5.26 Å². The van der Waals surface area contributed by atoms with Crippen molar-refractivity contribution in [2.24, 2.45) is 0 Å². The molecule has 3 heteroatoms. The van der Waals surface area contributed by atoms with Gasteiger partial charge in [-0.1, -0.05) is 6.92 Å². The molecule has 0 radical (unpaired) electrons. The maximum absolute atomic E-state index is 10.9. The fraction of sp³-hybridized carbons (Fsp3) is 0.800. The van der Waals surface area contributed by atoms with Gasteiger partial charge < -0.3 is 4.90 Å². The van der Waals surface area contributed by atoms with E-state index in [2.05, 4.69) is 11.0 Å². The number of carbonyl (C=O) groups is 1. The van der Waals surface area contributed by atoms with Gasteiger partial charge in [-0.05, 0) is 20.0 Å². The van der Waals surface area contributed by atoms with Crippen molar-refractivity contribution >= 4 is 5.78 Å². The molecule has 74 valence electrons. The first-order chi connectivity index (χ1) is 6.20. The third-order valence-electron chi connectivity index (χ3n) is 2.00. The lowest BCUT2D eigenvalue weighted by Gasteiger charge is -2.13. The van der Waals surface area contributed by atoms with Crippen LogP contribution in [0.2, 0.25) is 0 Å². The standard InChI is InChI=1S/C10H18N2O/c1-3-10(13)6-4-8-12(2)9-5-7-11/h3-6,8-9H2,1-2H3. The van der Waals surface area contributed by atoms with Gasteiger partial charge in [-0.2, -0.15) is 5.26 Å². The smallest absolute Gasteiger partial charge is 0.132 e. The molecule has 0 aromatic rings. The molecule has 0 fully saturated rings. The Kier molecular flexibility index (Phi) is 7.23. The first kappa shape index (κ1) is 12.1. The van der Waals surface area contributed by atoms with Crippen LogP contribution in [0, 0.1) is 11.3 Å². The first-order valence-electron chi connectivity index (χ1n) is 4.78. The molecule has 0 saturated carbocycles. The Labute approximate surface area is 80.3 Å². The molecule has 3 nitrogen and oxygen atoms in total. The number of hydrogen-bond donors (Lipinski definition) is 0. The lowest BCUT2D eigenvalue weighted by molar-refractivity contribution is -0.118. The quantitative estimate of drug-likeness (QED) is 0.600. The zero-order valence-corrected chi connectivity index (χ0v) is 8.55. The third kappa shape index (κ3) is 7.48. The monoisotopic (exact) mass is 182 g/mol. The molecule has 0 aliphatic heterocycles. The Morgan fingerprint density at radius 1 is 1.46 bits per heavy atom. The highest BCUT2D eigenvalue weighted by Crippen LogP contribution is 1.97. The van der Waals surface area contributed by atoms with Gasteiger partial charge in [0.05, 0.1) is 6.07 Å². The van der Waals surface area contributed by atoms with Crippen LogP contribution in [0.15, 0.2) is 0 Å². The fourth-order valence-electron chi connectivity index (χ4n) is 1.08. The van der Waals surface area contributed by atoms with Crippen LogP contribution in [-0.4, -0.2) is 30.8 Å². The fourth-order valence-corrected chi connectivity index (χ4v) is 1.08. The number of carbonyl (C=O) groups excluding carboxylic acids is 1. The molecule has 0 N–H and O–H groups in total. The van der Waals surface area contributed by atoms with E-state index >= 15 is 0 Å². The van der Waals surface area contributed by atoms with Crippen LogP contribution in [0.25, 0.3) is 0 Å². The largest absolute Gasteiger partial charge is 0.305 e. The SMILES string of the molecule is CCC(=O)CCCN(C)CCC#N. The van der Waals surface area contributed by atoms with Gasteiger partial charge in [0.15, 0.2) is 0 Å². The van der Waals surface area contributed by atoms with Crippen molar-refractivity contribution in [3.05, 3.63) is 0 Å². The van der Waals surface area contributed by atoms with Crippen LogP contribution in [-0.2, 0) is 4.79 Å². The Balaban J connectivity index is 3.32. The second-order valence-corrected chi connectivity index (χ2v) is 3.21. The molecular weight excluding hydrogens is 164 g/mol. The van der Waals surface area contributed by atoms with Crippen molar-refractivity contribution in [1.82, 2.24) is 4.90 Å². The summed E-state index contributed by atoms with van der Waals surface area (Å²) in [7, 11) is 1.98. The van der Waals surface area contributed by atoms with E-state index in [0.717, 1.165) is 19.5 Å². The van der Waals surface area contributed by atoms with Crippen LogP contribution in [0.3, 0.4) is 0 Å². The Bertz CT molecular complexity index is 184. The van der Waals surface area contributed by atoms with E-state index in [1.165, 1.54) is 0 Å². The first-order valence-corrected chi connectivity index (χ1v) is 4.78. The summed E-state index contributed by atoms with van der Waals surface area (Å²) < 4.78 is 0. The highest BCUT2D eigenvalue weighted by Gasteiger charge is 2.00. The van der Waals surface area contributed by atoms with Gasteiger partial charge in [-0.25, -0.2) is 0 Å². The van der Waals surface area contributed by atoms with Crippen LogP contribution < -0.4 is 0 Å². The molecule has 0 heterocycles. The van der Waals surface area contributed by atoms with Crippen LogP contribution in [0.1, 0.15) is 32.6 Å². The van der Waals surface area contributed by atoms with Gasteiger partial charge in [0, 0.05) is 25.8 Å². The Morgan fingerprint density at radius 3 is 2.69 bits per heavy atom. The van der Waals surface area contributed by atoms with Crippen LogP contribution in [0.4, 0.5) is 0 Å². The molecule has 0 aromatic heterocycles. The minimum absolute atomic E-state index is 0.327. The number of nitriles is 1. The number of ketones is 1. The summed E-state index contributed by atoms with van der Waals surface area (Å²) >= 11 is 0. The zero-order valence-electron chi connectivity index (χ0n) is 8.55. The molecule has 0 unspecified atom stereocenters. The van der Waals surface area contributed by atoms with Crippen molar-refractivity contribution in [2.75, 3.05) is 20.1 Å². The molecule has 0 saturated heterocycles. The maximum atomic E-state index is 10.9. The van der Waals surface area contributed by atoms with Crippen LogP contribution in [0.5, 0.6) is 0 Å². The van der Waals surface area contributed by atoms with Crippen molar-refractivity contribution in [2.45, 2.75) is 32.6 Å². The van der Waals surface area contributed by atoms with Gasteiger partial charge in [-0.3, -0.25) is 4.79 Å². The molecule has 0 bridgehead atoms. The van der Waals surface area contributed by atoms with Gasteiger partial charge in [0.25, 0.3) is 0 Å². The van der Waals surface area contributed by atoms with Crippen molar-refractivity contribution in [3.63, 3.8) is 0 Å². The average Bonchev–Trinajstić information content (AvgIpc) is 2.14. The third-order valence-corrected chi connectivity index (χ3v) is 2.00. The van der Waals surface area contributed by atoms with E-state index in [0.29, 0.717) is 25.0 Å². The summed E-state index contributed by atoms with van der Waals surface area (Å²) in [5.74, 6) is 0.327. The highest BCUT2D eigenvalue weighted by molar-refractivity contribution is 5.77. The van der Waals surface area contributed by atoms with E-state index in [1.54, 1.807) is 0 Å². The minimum atomic E-state index is 0.327. The Hall–Kier alpha value is -0.880. The molecule has 13 heavy (non-hydrogen) atoms. The molecule has 0 spiro atoms. The molecule has 0 aliphatic rings. The number of nitrogens with zero attached hydrogens (tertiary/aromatic N) is 2. The highest BCUT2D eigenvalue weighted by atomic mass is 16.1. The second-order valence-electron chi connectivity index (χ2n) is 3.21. The summed E-state index contributed by atoms with van der Waals surface area (Å²) in [6.45, 7) is 3.60. The summed E-state index contributed by atoms with van der Waals surface area (Å²) in [5, 5.41) is 8.34. The summed E-state index contributed by atoms with van der Waals surface area (Å²) in [6, 6.07) is 2.10. The summed E-state index contributed by atoms with van der Waals surface area (Å²) in [4.78, 5) is 13.0. The van der Waals surface area contributed by atoms with Crippen molar-refractivity contribution in [1.29, 1.82) is 5.26 Å².